The Hall–Kier alpha value is -2.15. The van der Waals surface area contributed by atoms with Gasteiger partial charge in [0.1, 0.15) is 28.2 Å². The summed E-state index contributed by atoms with van der Waals surface area (Å²) in [4.78, 5) is 12.0. The summed E-state index contributed by atoms with van der Waals surface area (Å²) in [5, 5.41) is 37.9. The molecular weight excluding hydrogens is 299 g/mol. The van der Waals surface area contributed by atoms with Gasteiger partial charge >= 0.3 is 29.6 Å². The summed E-state index contributed by atoms with van der Waals surface area (Å²) in [7, 11) is 0. The van der Waals surface area contributed by atoms with E-state index in [1.54, 1.807) is 0 Å². The smallest absolute Gasteiger partial charge is 1.00 e. The van der Waals surface area contributed by atoms with E-state index in [0.29, 0.717) is 5.56 Å². The van der Waals surface area contributed by atoms with Gasteiger partial charge in [-0.05, 0) is 18.2 Å². The van der Waals surface area contributed by atoms with Crippen molar-refractivity contribution in [2.45, 2.75) is 0 Å². The van der Waals surface area contributed by atoms with Gasteiger partial charge in [-0.2, -0.15) is 0 Å². The number of phenols is 4. The Morgan fingerprint density at radius 1 is 0.864 bits per heavy atom. The number of hydrogen-bond acceptors (Lipinski definition) is 6. The predicted molar refractivity (Wildman–Crippen MR) is 75.7 cm³/mol. The Bertz CT molecular complexity index is 922. The predicted octanol–water partition coefficient (Wildman–Crippen LogP) is -0.601. The number of phenolic OH excluding ortho intramolecular Hbond substituents is 4. The van der Waals surface area contributed by atoms with Crippen molar-refractivity contribution in [2.75, 3.05) is 0 Å². The standard InChI is InChI=1S/C15H10O6.Na.H/c16-8-4-11(19)15-12(20)6-13(21-14(15)5-8)7-1-2-9(17)10(18)3-7;;/h1-6,16-19H;;/q;+1;-1. The summed E-state index contributed by atoms with van der Waals surface area (Å²) >= 11 is 0. The minimum atomic E-state index is -0.490. The molecule has 6 nitrogen and oxygen atoms in total. The molecule has 7 heteroatoms. The zero-order valence-electron chi connectivity index (χ0n) is 12.6. The van der Waals surface area contributed by atoms with Crippen LogP contribution in [0.25, 0.3) is 22.3 Å². The van der Waals surface area contributed by atoms with E-state index >= 15 is 0 Å². The Balaban J connectivity index is 0.00000132. The first-order chi connectivity index (χ1) is 9.95. The average Bonchev–Trinajstić information content (AvgIpc) is 2.40. The average molecular weight is 310 g/mol. The topological polar surface area (TPSA) is 111 Å². The summed E-state index contributed by atoms with van der Waals surface area (Å²) in [6.07, 6.45) is 0. The molecule has 3 aromatic rings. The molecule has 0 radical (unpaired) electrons. The number of rotatable bonds is 1. The maximum absolute atomic E-state index is 12.0. The van der Waals surface area contributed by atoms with Gasteiger partial charge in [0.05, 0.1) is 0 Å². The number of aromatic hydroxyl groups is 4. The van der Waals surface area contributed by atoms with Gasteiger partial charge in [-0.3, -0.25) is 4.79 Å². The molecule has 108 valence electrons. The van der Waals surface area contributed by atoms with E-state index in [1.165, 1.54) is 24.3 Å². The summed E-state index contributed by atoms with van der Waals surface area (Å²) in [6.45, 7) is 0. The zero-order chi connectivity index (χ0) is 15.1. The normalized spacial score (nSPS) is 10.4. The van der Waals surface area contributed by atoms with E-state index in [2.05, 4.69) is 0 Å². The molecule has 4 N–H and O–H groups in total. The molecule has 0 saturated heterocycles. The van der Waals surface area contributed by atoms with E-state index in [9.17, 15) is 25.2 Å². The SMILES string of the molecule is O=c1cc(-c2ccc(O)c(O)c2)oc2cc(O)cc(O)c12.[H-].[Na+]. The fourth-order valence-corrected chi connectivity index (χ4v) is 2.07. The molecule has 2 aromatic carbocycles. The molecule has 1 heterocycles. The Morgan fingerprint density at radius 3 is 2.27 bits per heavy atom. The molecule has 0 amide bonds. The van der Waals surface area contributed by atoms with Crippen molar-refractivity contribution < 1.29 is 55.8 Å². The van der Waals surface area contributed by atoms with Crippen molar-refractivity contribution in [2.24, 2.45) is 0 Å². The Kier molecular flexibility index (Phi) is 4.37. The number of hydrogen-bond donors (Lipinski definition) is 4. The number of fused-ring (bicyclic) bond motifs is 1. The van der Waals surface area contributed by atoms with Crippen LogP contribution in [0.4, 0.5) is 0 Å². The molecule has 0 fully saturated rings. The summed E-state index contributed by atoms with van der Waals surface area (Å²) in [5.74, 6) is -1.13. The first kappa shape index (κ1) is 16.2. The van der Waals surface area contributed by atoms with Crippen molar-refractivity contribution in [3.63, 3.8) is 0 Å². The molecule has 1 aromatic heterocycles. The molecule has 0 atom stereocenters. The maximum atomic E-state index is 12.0. The second kappa shape index (κ2) is 5.92. The van der Waals surface area contributed by atoms with Gasteiger partial charge in [0, 0.05) is 23.8 Å². The van der Waals surface area contributed by atoms with Crippen LogP contribution in [0.5, 0.6) is 23.0 Å². The molecule has 0 bridgehead atoms. The van der Waals surface area contributed by atoms with Crippen molar-refractivity contribution in [3.8, 4) is 34.3 Å². The van der Waals surface area contributed by atoms with Crippen LogP contribution >= 0.6 is 0 Å². The van der Waals surface area contributed by atoms with Crippen molar-refractivity contribution in [1.29, 1.82) is 0 Å². The fraction of sp³-hybridized carbons (Fsp3) is 0. The van der Waals surface area contributed by atoms with Crippen LogP contribution in [-0.2, 0) is 0 Å². The fourth-order valence-electron chi connectivity index (χ4n) is 2.07. The van der Waals surface area contributed by atoms with E-state index in [1.807, 2.05) is 0 Å². The van der Waals surface area contributed by atoms with E-state index in [0.717, 1.165) is 12.1 Å². The third-order valence-corrected chi connectivity index (χ3v) is 3.05. The largest absolute Gasteiger partial charge is 1.00 e. The van der Waals surface area contributed by atoms with E-state index in [4.69, 9.17) is 4.42 Å². The van der Waals surface area contributed by atoms with Gasteiger partial charge in [-0.25, -0.2) is 0 Å². The van der Waals surface area contributed by atoms with Gasteiger partial charge in [0.25, 0.3) is 0 Å². The van der Waals surface area contributed by atoms with Crippen LogP contribution in [0, 0.1) is 0 Å². The Labute approximate surface area is 147 Å². The molecule has 0 saturated carbocycles. The van der Waals surface area contributed by atoms with E-state index < -0.39 is 5.43 Å². The maximum Gasteiger partial charge on any atom is 1.00 e. The van der Waals surface area contributed by atoms with Crippen molar-refractivity contribution in [1.82, 2.24) is 0 Å². The Morgan fingerprint density at radius 2 is 1.59 bits per heavy atom. The minimum absolute atomic E-state index is 0. The second-order valence-corrected chi connectivity index (χ2v) is 4.52. The monoisotopic (exact) mass is 310 g/mol. The summed E-state index contributed by atoms with van der Waals surface area (Å²) in [5.41, 5.74) is -0.106. The van der Waals surface area contributed by atoms with Gasteiger partial charge in [-0.15, -0.1) is 0 Å². The number of benzene rings is 2. The summed E-state index contributed by atoms with van der Waals surface area (Å²) in [6, 6.07) is 7.37. The summed E-state index contributed by atoms with van der Waals surface area (Å²) < 4.78 is 5.47. The zero-order valence-corrected chi connectivity index (χ0v) is 13.6. The van der Waals surface area contributed by atoms with Gasteiger partial charge in [0.15, 0.2) is 16.9 Å². The first-order valence-electron chi connectivity index (χ1n) is 5.98. The second-order valence-electron chi connectivity index (χ2n) is 4.52. The van der Waals surface area contributed by atoms with E-state index in [-0.39, 0.29) is 70.7 Å². The van der Waals surface area contributed by atoms with Gasteiger partial charge < -0.3 is 26.3 Å². The van der Waals surface area contributed by atoms with Crippen LogP contribution in [0.15, 0.2) is 45.6 Å². The van der Waals surface area contributed by atoms with Crippen molar-refractivity contribution in [3.05, 3.63) is 46.6 Å². The van der Waals surface area contributed by atoms with Crippen LogP contribution < -0.4 is 35.0 Å². The molecule has 0 spiro atoms. The van der Waals surface area contributed by atoms with Crippen LogP contribution in [-0.4, -0.2) is 20.4 Å². The molecule has 0 unspecified atom stereocenters. The molecule has 0 aliphatic carbocycles. The molecule has 0 aliphatic rings. The molecule has 22 heavy (non-hydrogen) atoms. The third-order valence-electron chi connectivity index (χ3n) is 3.05. The van der Waals surface area contributed by atoms with Crippen molar-refractivity contribution >= 4 is 11.0 Å². The minimum Gasteiger partial charge on any atom is -1.00 e. The van der Waals surface area contributed by atoms with Crippen LogP contribution in [0.1, 0.15) is 1.43 Å². The quantitative estimate of drug-likeness (QED) is 0.353. The molecule has 3 rings (SSSR count). The van der Waals surface area contributed by atoms with Gasteiger partial charge in [0.2, 0.25) is 0 Å². The van der Waals surface area contributed by atoms with Gasteiger partial charge in [-0.1, -0.05) is 0 Å². The first-order valence-corrected chi connectivity index (χ1v) is 5.98. The van der Waals surface area contributed by atoms with Crippen LogP contribution in [0.3, 0.4) is 0 Å². The molecule has 0 aliphatic heterocycles. The van der Waals surface area contributed by atoms with Crippen LogP contribution in [0.2, 0.25) is 0 Å². The third kappa shape index (κ3) is 2.76. The molecular formula is C15H11NaO6.